The van der Waals surface area contributed by atoms with E-state index in [1.54, 1.807) is 36.4 Å². The van der Waals surface area contributed by atoms with Gasteiger partial charge in [-0.15, -0.1) is 0 Å². The smallest absolute Gasteiger partial charge is 0.273 e. The zero-order valence-electron chi connectivity index (χ0n) is 12.7. The van der Waals surface area contributed by atoms with E-state index in [1.165, 1.54) is 20.3 Å². The molecule has 0 heterocycles. The number of anilines is 1. The normalized spacial score (nSPS) is 10.0. The minimum Gasteiger partial charge on any atom is -0.497 e. The molecular weight excluding hydrogens is 300 g/mol. The van der Waals surface area contributed by atoms with Gasteiger partial charge in [-0.25, -0.2) is 0 Å². The van der Waals surface area contributed by atoms with Gasteiger partial charge >= 0.3 is 0 Å². The second-order valence-corrected chi connectivity index (χ2v) is 4.68. The highest BCUT2D eigenvalue weighted by molar-refractivity contribution is 5.94. The molecule has 0 aliphatic rings. The molecule has 1 N–H and O–H groups in total. The SMILES string of the molecule is COc1ccc(OC)c(NC(=O)Cc2ccccc2[N+](=O)[O-])c1. The minimum absolute atomic E-state index is 0.0831. The van der Waals surface area contributed by atoms with Gasteiger partial charge in [0.2, 0.25) is 5.91 Å². The Morgan fingerprint density at radius 1 is 1.17 bits per heavy atom. The van der Waals surface area contributed by atoms with Crippen molar-refractivity contribution in [3.05, 3.63) is 58.1 Å². The van der Waals surface area contributed by atoms with Gasteiger partial charge in [0.1, 0.15) is 11.5 Å². The summed E-state index contributed by atoms with van der Waals surface area (Å²) in [6, 6.07) is 11.1. The van der Waals surface area contributed by atoms with Crippen LogP contribution in [0.2, 0.25) is 0 Å². The summed E-state index contributed by atoms with van der Waals surface area (Å²) in [7, 11) is 3.00. The van der Waals surface area contributed by atoms with Gasteiger partial charge in [0.15, 0.2) is 0 Å². The molecule has 2 aromatic rings. The van der Waals surface area contributed by atoms with Gasteiger partial charge < -0.3 is 14.8 Å². The predicted molar refractivity (Wildman–Crippen MR) is 85.0 cm³/mol. The maximum atomic E-state index is 12.2. The number of amides is 1. The second kappa shape index (κ2) is 7.26. The number of carbonyl (C=O) groups is 1. The quantitative estimate of drug-likeness (QED) is 0.653. The summed E-state index contributed by atoms with van der Waals surface area (Å²) in [5.41, 5.74) is 0.701. The van der Waals surface area contributed by atoms with E-state index >= 15 is 0 Å². The van der Waals surface area contributed by atoms with Crippen LogP contribution in [0.4, 0.5) is 11.4 Å². The van der Waals surface area contributed by atoms with E-state index in [0.29, 0.717) is 22.7 Å². The highest BCUT2D eigenvalue weighted by atomic mass is 16.6. The zero-order valence-corrected chi connectivity index (χ0v) is 12.7. The van der Waals surface area contributed by atoms with Gasteiger partial charge in [-0.3, -0.25) is 14.9 Å². The Hall–Kier alpha value is -3.09. The lowest BCUT2D eigenvalue weighted by Crippen LogP contribution is -2.16. The van der Waals surface area contributed by atoms with Gasteiger partial charge in [0.25, 0.3) is 5.69 Å². The molecule has 0 aliphatic heterocycles. The van der Waals surface area contributed by atoms with Crippen LogP contribution >= 0.6 is 0 Å². The summed E-state index contributed by atoms with van der Waals surface area (Å²) in [6.45, 7) is 0. The van der Waals surface area contributed by atoms with Crippen LogP contribution in [-0.4, -0.2) is 25.1 Å². The van der Waals surface area contributed by atoms with Crippen molar-refractivity contribution in [3.63, 3.8) is 0 Å². The number of methoxy groups -OCH3 is 2. The highest BCUT2D eigenvalue weighted by Crippen LogP contribution is 2.29. The van der Waals surface area contributed by atoms with Crippen LogP contribution < -0.4 is 14.8 Å². The van der Waals surface area contributed by atoms with Crippen LogP contribution in [-0.2, 0) is 11.2 Å². The lowest BCUT2D eigenvalue weighted by Gasteiger charge is -2.11. The number of nitrogens with zero attached hydrogens (tertiary/aromatic N) is 1. The first-order chi connectivity index (χ1) is 11.0. The van der Waals surface area contributed by atoms with Crippen molar-refractivity contribution in [2.75, 3.05) is 19.5 Å². The van der Waals surface area contributed by atoms with Gasteiger partial charge in [0.05, 0.1) is 31.3 Å². The third-order valence-corrected chi connectivity index (χ3v) is 3.22. The summed E-state index contributed by atoms with van der Waals surface area (Å²) in [5.74, 6) is 0.652. The molecule has 0 atom stereocenters. The van der Waals surface area contributed by atoms with E-state index in [1.807, 2.05) is 0 Å². The van der Waals surface area contributed by atoms with Crippen molar-refractivity contribution in [2.24, 2.45) is 0 Å². The Bertz CT molecular complexity index is 730. The average Bonchev–Trinajstić information content (AvgIpc) is 2.55. The van der Waals surface area contributed by atoms with Crippen molar-refractivity contribution in [3.8, 4) is 11.5 Å². The van der Waals surface area contributed by atoms with Crippen molar-refractivity contribution in [1.29, 1.82) is 0 Å². The maximum Gasteiger partial charge on any atom is 0.273 e. The molecule has 0 bridgehead atoms. The Kier molecular flexibility index (Phi) is 5.14. The van der Waals surface area contributed by atoms with Gasteiger partial charge in [-0.1, -0.05) is 18.2 Å². The molecule has 7 heteroatoms. The molecule has 0 saturated heterocycles. The number of ether oxygens (including phenoxy) is 2. The minimum atomic E-state index is -0.505. The van der Waals surface area contributed by atoms with Crippen molar-refractivity contribution < 1.29 is 19.2 Å². The zero-order chi connectivity index (χ0) is 16.8. The van der Waals surface area contributed by atoms with E-state index in [4.69, 9.17) is 9.47 Å². The molecule has 0 fully saturated rings. The molecule has 7 nitrogen and oxygen atoms in total. The molecule has 0 spiro atoms. The van der Waals surface area contributed by atoms with E-state index in [-0.39, 0.29) is 18.0 Å². The molecule has 1 amide bonds. The molecule has 0 aliphatic carbocycles. The Morgan fingerprint density at radius 3 is 2.57 bits per heavy atom. The molecule has 2 aromatic carbocycles. The number of nitro benzene ring substituents is 1. The standard InChI is InChI=1S/C16H16N2O5/c1-22-12-7-8-15(23-2)13(10-12)17-16(19)9-11-5-3-4-6-14(11)18(20)21/h3-8,10H,9H2,1-2H3,(H,17,19). The van der Waals surface area contributed by atoms with Crippen LogP contribution in [0.1, 0.15) is 5.56 Å². The van der Waals surface area contributed by atoms with Crippen LogP contribution in [0.3, 0.4) is 0 Å². The summed E-state index contributed by atoms with van der Waals surface area (Å²) < 4.78 is 10.3. The fourth-order valence-electron chi connectivity index (χ4n) is 2.12. The number of hydrogen-bond donors (Lipinski definition) is 1. The first-order valence-corrected chi connectivity index (χ1v) is 6.79. The third kappa shape index (κ3) is 3.97. The van der Waals surface area contributed by atoms with E-state index in [9.17, 15) is 14.9 Å². The topological polar surface area (TPSA) is 90.7 Å². The van der Waals surface area contributed by atoms with Crippen molar-refractivity contribution in [1.82, 2.24) is 0 Å². The number of nitro groups is 1. The third-order valence-electron chi connectivity index (χ3n) is 3.22. The number of para-hydroxylation sites is 1. The summed E-state index contributed by atoms with van der Waals surface area (Å²) in [6.07, 6.45) is -0.114. The van der Waals surface area contributed by atoms with E-state index in [2.05, 4.69) is 5.32 Å². The number of nitrogens with one attached hydrogen (secondary N) is 1. The first-order valence-electron chi connectivity index (χ1n) is 6.79. The van der Waals surface area contributed by atoms with Crippen LogP contribution in [0.25, 0.3) is 0 Å². The number of benzene rings is 2. The second-order valence-electron chi connectivity index (χ2n) is 4.68. The number of hydrogen-bond acceptors (Lipinski definition) is 5. The molecule has 0 saturated carbocycles. The Morgan fingerprint density at radius 2 is 1.91 bits per heavy atom. The number of rotatable bonds is 6. The van der Waals surface area contributed by atoms with E-state index in [0.717, 1.165) is 0 Å². The molecule has 23 heavy (non-hydrogen) atoms. The Balaban J connectivity index is 2.19. The fraction of sp³-hybridized carbons (Fsp3) is 0.188. The number of carbonyl (C=O) groups excluding carboxylic acids is 1. The molecular formula is C16H16N2O5. The summed E-state index contributed by atoms with van der Waals surface area (Å²) in [5, 5.41) is 13.7. The molecule has 0 unspecified atom stereocenters. The summed E-state index contributed by atoms with van der Waals surface area (Å²) >= 11 is 0. The van der Waals surface area contributed by atoms with Gasteiger partial charge in [-0.05, 0) is 12.1 Å². The average molecular weight is 316 g/mol. The molecule has 2 rings (SSSR count). The monoisotopic (exact) mass is 316 g/mol. The molecule has 120 valence electrons. The maximum absolute atomic E-state index is 12.2. The first kappa shape index (κ1) is 16.3. The predicted octanol–water partition coefficient (Wildman–Crippen LogP) is 2.79. The van der Waals surface area contributed by atoms with Crippen LogP contribution in [0.15, 0.2) is 42.5 Å². The van der Waals surface area contributed by atoms with Crippen LogP contribution in [0.5, 0.6) is 11.5 Å². The molecule has 0 radical (unpaired) electrons. The lowest BCUT2D eigenvalue weighted by atomic mass is 10.1. The summed E-state index contributed by atoms with van der Waals surface area (Å²) in [4.78, 5) is 22.7. The Labute approximate surface area is 133 Å². The fourth-order valence-corrected chi connectivity index (χ4v) is 2.12. The highest BCUT2D eigenvalue weighted by Gasteiger charge is 2.16. The van der Waals surface area contributed by atoms with Gasteiger partial charge in [0, 0.05) is 17.7 Å². The van der Waals surface area contributed by atoms with Gasteiger partial charge in [-0.2, -0.15) is 0 Å². The van der Waals surface area contributed by atoms with Crippen LogP contribution in [0, 0.1) is 10.1 Å². The van der Waals surface area contributed by atoms with E-state index < -0.39 is 4.92 Å². The largest absolute Gasteiger partial charge is 0.497 e. The van der Waals surface area contributed by atoms with Crippen molar-refractivity contribution >= 4 is 17.3 Å². The molecule has 0 aromatic heterocycles. The lowest BCUT2D eigenvalue weighted by molar-refractivity contribution is -0.385. The van der Waals surface area contributed by atoms with Crippen molar-refractivity contribution in [2.45, 2.75) is 6.42 Å².